The van der Waals surface area contributed by atoms with E-state index in [1.54, 1.807) is 7.11 Å². The molecule has 1 aliphatic heterocycles. The lowest BCUT2D eigenvalue weighted by molar-refractivity contribution is 0.0955. The summed E-state index contributed by atoms with van der Waals surface area (Å²) in [6.07, 6.45) is 2.93. The summed E-state index contributed by atoms with van der Waals surface area (Å²) in [6.45, 7) is 4.90. The number of aryl methyl sites for hydroxylation is 1. The first-order chi connectivity index (χ1) is 11.2. The van der Waals surface area contributed by atoms with E-state index in [9.17, 15) is 4.79 Å². The van der Waals surface area contributed by atoms with Crippen molar-refractivity contribution in [2.45, 2.75) is 33.0 Å². The van der Waals surface area contributed by atoms with Crippen molar-refractivity contribution >= 4 is 17.2 Å². The predicted octanol–water partition coefficient (Wildman–Crippen LogP) is 2.17. The summed E-state index contributed by atoms with van der Waals surface area (Å²) in [5.74, 6) is -0.0386. The van der Waals surface area contributed by atoms with E-state index in [4.69, 9.17) is 4.74 Å². The second-order valence-corrected chi connectivity index (χ2v) is 6.80. The van der Waals surface area contributed by atoms with Gasteiger partial charge in [0, 0.05) is 37.0 Å². The molecule has 23 heavy (non-hydrogen) atoms. The summed E-state index contributed by atoms with van der Waals surface area (Å²) in [6, 6.07) is 3.79. The van der Waals surface area contributed by atoms with E-state index >= 15 is 0 Å². The largest absolute Gasteiger partial charge is 0.379 e. The van der Waals surface area contributed by atoms with E-state index in [-0.39, 0.29) is 5.91 Å². The van der Waals surface area contributed by atoms with Crippen LogP contribution in [0.1, 0.15) is 36.9 Å². The number of fused-ring (bicyclic) bond motifs is 1. The molecule has 0 bridgehead atoms. The molecule has 3 heterocycles. The fourth-order valence-electron chi connectivity index (χ4n) is 2.85. The Balaban J connectivity index is 1.71. The monoisotopic (exact) mass is 331 g/mol. The van der Waals surface area contributed by atoms with Gasteiger partial charge in [-0.15, -0.1) is 11.3 Å². The highest BCUT2D eigenvalue weighted by atomic mass is 32.1. The number of rotatable bonds is 5. The van der Waals surface area contributed by atoms with Gasteiger partial charge in [-0.25, -0.2) is 0 Å². The number of methoxy groups -OCH3 is 1. The second-order valence-electron chi connectivity index (χ2n) is 5.63. The third-order valence-corrected chi connectivity index (χ3v) is 5.13. The molecule has 3 rings (SSSR count). The molecule has 0 spiro atoms. The highest BCUT2D eigenvalue weighted by Crippen LogP contribution is 2.21. The molecule has 2 aromatic heterocycles. The topological polar surface area (TPSA) is 63.2 Å². The van der Waals surface area contributed by atoms with Gasteiger partial charge in [0.15, 0.2) is 0 Å². The smallest absolute Gasteiger partial charge is 0.261 e. The van der Waals surface area contributed by atoms with E-state index < -0.39 is 0 Å². The minimum atomic E-state index is -0.0386. The Morgan fingerprint density at radius 3 is 3.17 bits per heavy atom. The van der Waals surface area contributed by atoms with E-state index in [1.165, 1.54) is 22.5 Å². The summed E-state index contributed by atoms with van der Waals surface area (Å²) in [7, 11) is 1.66. The number of nitrogens with one attached hydrogen (secondary N) is 2. The Labute approximate surface area is 140 Å². The van der Waals surface area contributed by atoms with Crippen LogP contribution in [0, 0.1) is 6.92 Å². The molecule has 5 nitrogen and oxygen atoms in total. The first-order valence-corrected chi connectivity index (χ1v) is 8.53. The quantitative estimate of drug-likeness (QED) is 0.881. The maximum Gasteiger partial charge on any atom is 0.261 e. The normalized spacial score (nSPS) is 13.7. The van der Waals surface area contributed by atoms with Crippen molar-refractivity contribution in [3.63, 3.8) is 0 Å². The van der Waals surface area contributed by atoms with Gasteiger partial charge in [-0.3, -0.25) is 9.78 Å². The summed E-state index contributed by atoms with van der Waals surface area (Å²) in [4.78, 5) is 18.6. The zero-order valence-corrected chi connectivity index (χ0v) is 14.3. The van der Waals surface area contributed by atoms with Crippen molar-refractivity contribution in [3.8, 4) is 0 Å². The SMILES string of the molecule is COCc1ccc(C(=O)NCc2c(C)ncc3c2CCNC3)s1. The van der Waals surface area contributed by atoms with E-state index in [1.807, 2.05) is 25.3 Å². The lowest BCUT2D eigenvalue weighted by Crippen LogP contribution is -2.28. The number of hydrogen-bond acceptors (Lipinski definition) is 5. The average Bonchev–Trinajstić information content (AvgIpc) is 3.03. The van der Waals surface area contributed by atoms with Gasteiger partial charge in [-0.05, 0) is 48.7 Å². The molecule has 1 amide bonds. The number of pyridine rings is 1. The number of ether oxygens (including phenoxy) is 1. The predicted molar refractivity (Wildman–Crippen MR) is 90.6 cm³/mol. The maximum atomic E-state index is 12.3. The molecular weight excluding hydrogens is 310 g/mol. The zero-order chi connectivity index (χ0) is 16.2. The van der Waals surface area contributed by atoms with E-state index in [0.29, 0.717) is 18.0 Å². The van der Waals surface area contributed by atoms with Crippen LogP contribution in [0.15, 0.2) is 18.3 Å². The minimum Gasteiger partial charge on any atom is -0.379 e. The van der Waals surface area contributed by atoms with Crippen molar-refractivity contribution in [3.05, 3.63) is 50.5 Å². The van der Waals surface area contributed by atoms with Gasteiger partial charge in [-0.2, -0.15) is 0 Å². The van der Waals surface area contributed by atoms with Crippen molar-refractivity contribution in [1.29, 1.82) is 0 Å². The highest BCUT2D eigenvalue weighted by molar-refractivity contribution is 7.14. The summed E-state index contributed by atoms with van der Waals surface area (Å²) < 4.78 is 5.09. The number of carbonyl (C=O) groups excluding carboxylic acids is 1. The third kappa shape index (κ3) is 3.60. The molecule has 0 atom stereocenters. The third-order valence-electron chi connectivity index (χ3n) is 4.07. The minimum absolute atomic E-state index is 0.0386. The highest BCUT2D eigenvalue weighted by Gasteiger charge is 2.17. The molecular formula is C17H21N3O2S. The molecule has 122 valence electrons. The number of amides is 1. The van der Waals surface area contributed by atoms with E-state index in [2.05, 4.69) is 15.6 Å². The molecule has 0 unspecified atom stereocenters. The molecule has 0 saturated heterocycles. The number of aromatic nitrogens is 1. The van der Waals surface area contributed by atoms with Gasteiger partial charge in [0.25, 0.3) is 5.91 Å². The number of nitrogens with zero attached hydrogens (tertiary/aromatic N) is 1. The van der Waals surface area contributed by atoms with Crippen LogP contribution in [-0.2, 0) is 30.9 Å². The van der Waals surface area contributed by atoms with Crippen LogP contribution < -0.4 is 10.6 Å². The molecule has 0 aliphatic carbocycles. The Morgan fingerprint density at radius 2 is 2.35 bits per heavy atom. The lowest BCUT2D eigenvalue weighted by atomic mass is 9.96. The number of carbonyl (C=O) groups is 1. The summed E-state index contributed by atoms with van der Waals surface area (Å²) in [5, 5.41) is 6.39. The molecule has 0 saturated carbocycles. The number of hydrogen-bond donors (Lipinski definition) is 2. The Bertz CT molecular complexity index is 712. The van der Waals surface area contributed by atoms with Crippen LogP contribution in [0.4, 0.5) is 0 Å². The van der Waals surface area contributed by atoms with Gasteiger partial charge in [0.1, 0.15) is 0 Å². The Kier molecular flexibility index (Phi) is 5.05. The lowest BCUT2D eigenvalue weighted by Gasteiger charge is -2.21. The summed E-state index contributed by atoms with van der Waals surface area (Å²) in [5.41, 5.74) is 4.73. The van der Waals surface area contributed by atoms with Crippen LogP contribution in [0.3, 0.4) is 0 Å². The molecule has 0 radical (unpaired) electrons. The average molecular weight is 331 g/mol. The van der Waals surface area contributed by atoms with Gasteiger partial charge >= 0.3 is 0 Å². The van der Waals surface area contributed by atoms with Crippen LogP contribution in [0.5, 0.6) is 0 Å². The van der Waals surface area contributed by atoms with Crippen LogP contribution in [0.25, 0.3) is 0 Å². The zero-order valence-electron chi connectivity index (χ0n) is 13.4. The molecule has 1 aliphatic rings. The molecule has 0 fully saturated rings. The standard InChI is InChI=1S/C17H21N3O2S/c1-11-15(14-5-6-18-7-12(14)8-19-11)9-20-17(21)16-4-3-13(23-16)10-22-2/h3-4,8,18H,5-7,9-10H2,1-2H3,(H,20,21). The van der Waals surface area contributed by atoms with Crippen LogP contribution in [-0.4, -0.2) is 24.5 Å². The van der Waals surface area contributed by atoms with Gasteiger partial charge in [0.05, 0.1) is 11.5 Å². The fraction of sp³-hybridized carbons (Fsp3) is 0.412. The van der Waals surface area contributed by atoms with Crippen molar-refractivity contribution in [2.24, 2.45) is 0 Å². The fourth-order valence-corrected chi connectivity index (χ4v) is 3.75. The Hall–Kier alpha value is -1.76. The summed E-state index contributed by atoms with van der Waals surface area (Å²) >= 11 is 1.47. The second kappa shape index (κ2) is 7.21. The number of thiophene rings is 1. The Morgan fingerprint density at radius 1 is 1.48 bits per heavy atom. The molecule has 2 aromatic rings. The van der Waals surface area contributed by atoms with Gasteiger partial charge in [-0.1, -0.05) is 0 Å². The maximum absolute atomic E-state index is 12.3. The first-order valence-electron chi connectivity index (χ1n) is 7.72. The van der Waals surface area contributed by atoms with E-state index in [0.717, 1.165) is 35.6 Å². The molecule has 2 N–H and O–H groups in total. The molecule has 6 heteroatoms. The van der Waals surface area contributed by atoms with Gasteiger partial charge in [0.2, 0.25) is 0 Å². The molecule has 0 aromatic carbocycles. The van der Waals surface area contributed by atoms with Crippen LogP contribution >= 0.6 is 11.3 Å². The first kappa shape index (κ1) is 16.1. The van der Waals surface area contributed by atoms with Crippen molar-refractivity contribution in [1.82, 2.24) is 15.6 Å². The van der Waals surface area contributed by atoms with Crippen molar-refractivity contribution in [2.75, 3.05) is 13.7 Å². The van der Waals surface area contributed by atoms with Crippen molar-refractivity contribution < 1.29 is 9.53 Å². The van der Waals surface area contributed by atoms with Gasteiger partial charge < -0.3 is 15.4 Å². The van der Waals surface area contributed by atoms with Crippen LogP contribution in [0.2, 0.25) is 0 Å².